The average Bonchev–Trinajstić information content (AvgIpc) is 2.79. The molecule has 1 aromatic carbocycles. The van der Waals surface area contributed by atoms with Gasteiger partial charge in [-0.05, 0) is 70.2 Å². The Labute approximate surface area is 191 Å². The number of nitrogens with one attached hydrogen (secondary N) is 2. The van der Waals surface area contributed by atoms with Gasteiger partial charge in [0, 0.05) is 38.3 Å². The molecule has 1 unspecified atom stereocenters. The van der Waals surface area contributed by atoms with Crippen molar-refractivity contribution in [3.63, 3.8) is 0 Å². The largest absolute Gasteiger partial charge is 0.358 e. The maximum atomic E-state index is 5.55. The van der Waals surface area contributed by atoms with Gasteiger partial charge in [-0.3, -0.25) is 0 Å². The minimum absolute atomic E-state index is 0.498. The molecular weight excluding hydrogens is 404 g/mol. The highest BCUT2D eigenvalue weighted by Crippen LogP contribution is 2.28. The lowest BCUT2D eigenvalue weighted by Crippen LogP contribution is -2.39. The minimum atomic E-state index is 0.498. The molecule has 2 saturated heterocycles. The van der Waals surface area contributed by atoms with Crippen molar-refractivity contribution in [3.8, 4) is 0 Å². The summed E-state index contributed by atoms with van der Waals surface area (Å²) in [6.45, 7) is 8.23. The van der Waals surface area contributed by atoms with Crippen molar-refractivity contribution >= 4 is 34.9 Å². The van der Waals surface area contributed by atoms with Gasteiger partial charge in [0.15, 0.2) is 5.11 Å². The number of hydrogen-bond acceptors (Lipinski definition) is 5. The van der Waals surface area contributed by atoms with Crippen molar-refractivity contribution in [2.75, 3.05) is 34.8 Å². The molecule has 0 aliphatic carbocycles. The van der Waals surface area contributed by atoms with Crippen LogP contribution >= 0.6 is 12.2 Å². The van der Waals surface area contributed by atoms with Gasteiger partial charge in [-0.2, -0.15) is 9.97 Å². The van der Waals surface area contributed by atoms with Gasteiger partial charge in [0.2, 0.25) is 5.95 Å². The number of hydrogen-bond donors (Lipinski definition) is 2. The topological polar surface area (TPSA) is 56.3 Å². The monoisotopic (exact) mass is 438 g/mol. The molecule has 2 N–H and O–H groups in total. The summed E-state index contributed by atoms with van der Waals surface area (Å²) in [4.78, 5) is 14.5. The zero-order valence-corrected chi connectivity index (χ0v) is 19.5. The highest BCUT2D eigenvalue weighted by molar-refractivity contribution is 7.80. The number of aromatic nitrogens is 2. The molecule has 1 aromatic heterocycles. The zero-order valence-electron chi connectivity index (χ0n) is 18.7. The normalized spacial score (nSPS) is 19.2. The van der Waals surface area contributed by atoms with Crippen LogP contribution in [-0.2, 0) is 6.54 Å². The summed E-state index contributed by atoms with van der Waals surface area (Å²) in [5.41, 5.74) is 2.45. The number of anilines is 3. The van der Waals surface area contributed by atoms with E-state index < -0.39 is 0 Å². The maximum Gasteiger partial charge on any atom is 0.232 e. The molecule has 2 fully saturated rings. The predicted molar refractivity (Wildman–Crippen MR) is 133 cm³/mol. The van der Waals surface area contributed by atoms with Gasteiger partial charge in [0.1, 0.15) is 11.6 Å². The zero-order chi connectivity index (χ0) is 21.6. The summed E-state index contributed by atoms with van der Waals surface area (Å²) in [5.74, 6) is 2.59. The van der Waals surface area contributed by atoms with Gasteiger partial charge in [-0.1, -0.05) is 29.8 Å². The van der Waals surface area contributed by atoms with E-state index in [0.29, 0.717) is 23.6 Å². The van der Waals surface area contributed by atoms with Gasteiger partial charge in [0.25, 0.3) is 0 Å². The van der Waals surface area contributed by atoms with Crippen LogP contribution in [-0.4, -0.2) is 40.8 Å². The lowest BCUT2D eigenvalue weighted by molar-refractivity contribution is 0.481. The first-order valence-electron chi connectivity index (χ1n) is 11.6. The summed E-state index contributed by atoms with van der Waals surface area (Å²) < 4.78 is 0. The third-order valence-corrected chi connectivity index (χ3v) is 6.52. The molecule has 1 atom stereocenters. The van der Waals surface area contributed by atoms with Crippen LogP contribution in [0, 0.1) is 6.92 Å². The second-order valence-corrected chi connectivity index (χ2v) is 9.20. The van der Waals surface area contributed by atoms with Crippen LogP contribution < -0.4 is 20.4 Å². The smallest absolute Gasteiger partial charge is 0.232 e. The fourth-order valence-electron chi connectivity index (χ4n) is 4.38. The quantitative estimate of drug-likeness (QED) is 0.660. The number of thiocarbonyl (C=S) groups is 1. The van der Waals surface area contributed by atoms with Crippen molar-refractivity contribution in [2.45, 2.75) is 65.0 Å². The fraction of sp³-hybridized carbons (Fsp3) is 0.542. The van der Waals surface area contributed by atoms with E-state index in [1.165, 1.54) is 49.7 Å². The molecular formula is C24H34N6S. The van der Waals surface area contributed by atoms with Crippen LogP contribution in [0.4, 0.5) is 17.6 Å². The third kappa shape index (κ3) is 5.85. The first-order chi connectivity index (χ1) is 15.1. The van der Waals surface area contributed by atoms with E-state index in [0.717, 1.165) is 31.3 Å². The van der Waals surface area contributed by atoms with Crippen molar-refractivity contribution in [3.05, 3.63) is 41.5 Å². The first kappa shape index (κ1) is 21.8. The summed E-state index contributed by atoms with van der Waals surface area (Å²) >= 11 is 5.55. The molecule has 0 bridgehead atoms. The lowest BCUT2D eigenvalue weighted by Gasteiger charge is -2.35. The van der Waals surface area contributed by atoms with Gasteiger partial charge >= 0.3 is 0 Å². The van der Waals surface area contributed by atoms with Crippen molar-refractivity contribution < 1.29 is 0 Å². The van der Waals surface area contributed by atoms with E-state index >= 15 is 0 Å². The molecule has 3 heterocycles. The Balaban J connectivity index is 1.49. The Morgan fingerprint density at radius 2 is 1.71 bits per heavy atom. The van der Waals surface area contributed by atoms with Gasteiger partial charge in [0.05, 0.1) is 0 Å². The molecule has 0 saturated carbocycles. The van der Waals surface area contributed by atoms with Gasteiger partial charge in [-0.25, -0.2) is 0 Å². The molecule has 166 valence electrons. The predicted octanol–water partition coefficient (Wildman–Crippen LogP) is 4.64. The van der Waals surface area contributed by atoms with Crippen molar-refractivity contribution in [2.24, 2.45) is 0 Å². The number of nitrogens with zero attached hydrogens (tertiary/aromatic N) is 4. The van der Waals surface area contributed by atoms with E-state index in [9.17, 15) is 0 Å². The SMILES string of the molecule is Cc1ccc(CNC(=S)Nc2nc(N3CCCCC3)cc(N3CCCCC3C)n2)cc1. The van der Waals surface area contributed by atoms with Crippen molar-refractivity contribution in [1.29, 1.82) is 0 Å². The van der Waals surface area contributed by atoms with Crippen molar-refractivity contribution in [1.82, 2.24) is 15.3 Å². The van der Waals surface area contributed by atoms with Crippen LogP contribution in [0.25, 0.3) is 0 Å². The fourth-order valence-corrected chi connectivity index (χ4v) is 4.55. The second-order valence-electron chi connectivity index (χ2n) is 8.79. The third-order valence-electron chi connectivity index (χ3n) is 6.28. The molecule has 0 amide bonds. The van der Waals surface area contributed by atoms with E-state index in [1.807, 2.05) is 0 Å². The Kier molecular flexibility index (Phi) is 7.22. The summed E-state index contributed by atoms with van der Waals surface area (Å²) in [7, 11) is 0. The molecule has 2 aromatic rings. The van der Waals surface area contributed by atoms with Gasteiger partial charge < -0.3 is 20.4 Å². The maximum absolute atomic E-state index is 5.55. The van der Waals surface area contributed by atoms with Crippen LogP contribution in [0.2, 0.25) is 0 Å². The number of rotatable bonds is 5. The molecule has 2 aliphatic heterocycles. The highest BCUT2D eigenvalue weighted by Gasteiger charge is 2.23. The van der Waals surface area contributed by atoms with Gasteiger partial charge in [-0.15, -0.1) is 0 Å². The first-order valence-corrected chi connectivity index (χ1v) is 12.0. The Morgan fingerprint density at radius 3 is 2.45 bits per heavy atom. The number of aryl methyl sites for hydroxylation is 1. The molecule has 6 nitrogen and oxygen atoms in total. The second kappa shape index (κ2) is 10.3. The molecule has 2 aliphatic rings. The Bertz CT molecular complexity index is 878. The van der Waals surface area contributed by atoms with E-state index in [-0.39, 0.29) is 0 Å². The Hall–Kier alpha value is -2.41. The number of piperidine rings is 2. The van der Waals surface area contributed by atoms with E-state index in [2.05, 4.69) is 64.6 Å². The average molecular weight is 439 g/mol. The molecule has 4 rings (SSSR count). The van der Waals surface area contributed by atoms with Crippen LogP contribution in [0.15, 0.2) is 30.3 Å². The standard InChI is InChI=1S/C24H34N6S/c1-18-9-11-20(12-10-18)17-25-24(31)28-23-26-21(29-13-5-3-6-14-29)16-22(27-23)30-15-7-4-8-19(30)2/h9-12,16,19H,3-8,13-15,17H2,1-2H3,(H2,25,26,27,28,31). The van der Waals surface area contributed by atoms with E-state index in [4.69, 9.17) is 22.2 Å². The van der Waals surface area contributed by atoms with Crippen LogP contribution in [0.3, 0.4) is 0 Å². The lowest BCUT2D eigenvalue weighted by atomic mass is 10.0. The molecule has 7 heteroatoms. The summed E-state index contributed by atoms with van der Waals surface area (Å²) in [6.07, 6.45) is 7.46. The Morgan fingerprint density at radius 1 is 1.00 bits per heavy atom. The summed E-state index contributed by atoms with van der Waals surface area (Å²) in [6, 6.07) is 11.1. The minimum Gasteiger partial charge on any atom is -0.358 e. The van der Waals surface area contributed by atoms with Crippen LogP contribution in [0.1, 0.15) is 56.6 Å². The van der Waals surface area contributed by atoms with Crippen LogP contribution in [0.5, 0.6) is 0 Å². The number of benzene rings is 1. The van der Waals surface area contributed by atoms with E-state index in [1.54, 1.807) is 0 Å². The molecule has 0 spiro atoms. The summed E-state index contributed by atoms with van der Waals surface area (Å²) in [5, 5.41) is 7.08. The highest BCUT2D eigenvalue weighted by atomic mass is 32.1. The molecule has 0 radical (unpaired) electrons. The molecule has 31 heavy (non-hydrogen) atoms.